The number of allylic oxidation sites excluding steroid dienone is 8. The van der Waals surface area contributed by atoms with Gasteiger partial charge in [-0.15, -0.1) is 0 Å². The Labute approximate surface area is 85.6 Å². The molecule has 0 unspecified atom stereocenters. The molecule has 0 saturated carbocycles. The van der Waals surface area contributed by atoms with Crippen LogP contribution in [0.1, 0.15) is 0 Å². The van der Waals surface area contributed by atoms with E-state index in [2.05, 4.69) is 43.5 Å². The van der Waals surface area contributed by atoms with Crippen molar-refractivity contribution >= 4 is 15.0 Å². The first-order chi connectivity index (χ1) is 6.33. The molecule has 0 radical (unpaired) electrons. The first-order valence-electron chi connectivity index (χ1n) is 4.33. The Hall–Kier alpha value is -0.781. The van der Waals surface area contributed by atoms with Crippen molar-refractivity contribution in [3.05, 3.63) is 60.8 Å². The molecule has 0 aromatic carbocycles. The second kappa shape index (κ2) is 3.17. The minimum atomic E-state index is 0.182. The van der Waals surface area contributed by atoms with Gasteiger partial charge < -0.3 is 0 Å². The molecular formula is C12H12Se. The summed E-state index contributed by atoms with van der Waals surface area (Å²) in [6.45, 7) is 7.75. The maximum atomic E-state index is 3.97. The topological polar surface area (TPSA) is 0 Å². The van der Waals surface area contributed by atoms with Crippen LogP contribution in [0, 0.1) is 0 Å². The third-order valence-corrected chi connectivity index (χ3v) is 5.60. The second-order valence-electron chi connectivity index (χ2n) is 3.12. The second-order valence-corrected chi connectivity index (χ2v) is 5.77. The fraction of sp³-hybridized carbons (Fsp3) is 0.167. The quantitative estimate of drug-likeness (QED) is 0.519. The third kappa shape index (κ3) is 1.12. The normalized spacial score (nSPS) is 21.2. The van der Waals surface area contributed by atoms with Crippen LogP contribution in [0.15, 0.2) is 60.8 Å². The number of hydrogen-bond donors (Lipinski definition) is 0. The van der Waals surface area contributed by atoms with Crippen molar-refractivity contribution in [3.63, 3.8) is 0 Å². The Morgan fingerprint density at radius 3 is 2.23 bits per heavy atom. The van der Waals surface area contributed by atoms with Crippen LogP contribution in [0.25, 0.3) is 0 Å². The zero-order valence-corrected chi connectivity index (χ0v) is 9.21. The fourth-order valence-corrected chi connectivity index (χ4v) is 4.10. The van der Waals surface area contributed by atoms with Crippen molar-refractivity contribution in [2.45, 2.75) is 9.63 Å². The van der Waals surface area contributed by atoms with E-state index >= 15 is 0 Å². The Morgan fingerprint density at radius 1 is 1.23 bits per heavy atom. The monoisotopic (exact) mass is 236 g/mol. The van der Waals surface area contributed by atoms with E-state index in [0.717, 1.165) is 5.32 Å². The fourth-order valence-electron chi connectivity index (χ4n) is 1.78. The molecule has 2 aliphatic rings. The summed E-state index contributed by atoms with van der Waals surface area (Å²) in [7, 11) is 0. The molecule has 0 atom stereocenters. The Balaban J connectivity index is 2.29. The summed E-state index contributed by atoms with van der Waals surface area (Å²) in [5.74, 6) is 0. The van der Waals surface area contributed by atoms with Gasteiger partial charge in [-0.25, -0.2) is 0 Å². The first-order valence-corrected chi connectivity index (χ1v) is 6.40. The molecule has 0 spiro atoms. The van der Waals surface area contributed by atoms with Crippen molar-refractivity contribution in [3.8, 4) is 0 Å². The van der Waals surface area contributed by atoms with Crippen LogP contribution in [-0.2, 0) is 0 Å². The zero-order chi connectivity index (χ0) is 9.31. The summed E-state index contributed by atoms with van der Waals surface area (Å²) >= 11 is 0.522. The van der Waals surface area contributed by atoms with Crippen molar-refractivity contribution in [2.24, 2.45) is 0 Å². The first kappa shape index (κ1) is 8.80. The Morgan fingerprint density at radius 2 is 1.85 bits per heavy atom. The van der Waals surface area contributed by atoms with Gasteiger partial charge in [0.1, 0.15) is 0 Å². The van der Waals surface area contributed by atoms with Gasteiger partial charge >= 0.3 is 85.3 Å². The molecule has 0 fully saturated rings. The molecule has 13 heavy (non-hydrogen) atoms. The van der Waals surface area contributed by atoms with Crippen LogP contribution < -0.4 is 0 Å². The predicted molar refractivity (Wildman–Crippen MR) is 59.0 cm³/mol. The molecule has 2 bridgehead atoms. The van der Waals surface area contributed by atoms with Crippen molar-refractivity contribution in [1.82, 2.24) is 0 Å². The van der Waals surface area contributed by atoms with Crippen LogP contribution in [0.2, 0.25) is 9.63 Å². The molecule has 2 rings (SSSR count). The summed E-state index contributed by atoms with van der Waals surface area (Å²) in [6, 6.07) is 0. The van der Waals surface area contributed by atoms with Crippen LogP contribution in [0.4, 0.5) is 0 Å². The maximum absolute atomic E-state index is 3.97. The number of fused-ring (bicyclic) bond motifs is 2. The Kier molecular flexibility index (Phi) is 2.15. The summed E-state index contributed by atoms with van der Waals surface area (Å²) in [6.07, 6.45) is 12.9. The van der Waals surface area contributed by atoms with Crippen molar-refractivity contribution < 1.29 is 0 Å². The molecule has 2 aliphatic carbocycles. The Bertz CT molecular complexity index is 320. The summed E-state index contributed by atoms with van der Waals surface area (Å²) in [5, 5.41) is 1.11. The standard InChI is InChI=1S/C12H12Se/c1-3-9-13-12(4-2)10-5-6-11(12)8-7-10/h3-8H,1-2,9H2. The van der Waals surface area contributed by atoms with Crippen molar-refractivity contribution in [1.29, 1.82) is 0 Å². The average Bonchev–Trinajstić information content (AvgIpc) is 2.70. The van der Waals surface area contributed by atoms with E-state index in [4.69, 9.17) is 0 Å². The van der Waals surface area contributed by atoms with Gasteiger partial charge in [-0.05, 0) is 0 Å². The molecule has 0 heterocycles. The zero-order valence-electron chi connectivity index (χ0n) is 7.49. The molecule has 0 saturated heterocycles. The minimum absolute atomic E-state index is 0.182. The molecule has 1 heteroatoms. The van der Waals surface area contributed by atoms with Crippen LogP contribution in [0.5, 0.6) is 0 Å². The molecule has 0 N–H and O–H groups in total. The van der Waals surface area contributed by atoms with Gasteiger partial charge in [-0.3, -0.25) is 0 Å². The number of hydrogen-bond acceptors (Lipinski definition) is 0. The molecule has 0 aliphatic heterocycles. The van der Waals surface area contributed by atoms with E-state index < -0.39 is 0 Å². The SMILES string of the molecule is C=CC[Se]C1(C=C)C2=CC=C1C=C2. The van der Waals surface area contributed by atoms with Gasteiger partial charge in [0.05, 0.1) is 0 Å². The van der Waals surface area contributed by atoms with E-state index in [0.29, 0.717) is 15.0 Å². The van der Waals surface area contributed by atoms with Gasteiger partial charge in [-0.1, -0.05) is 0 Å². The summed E-state index contributed by atoms with van der Waals surface area (Å²) in [4.78, 5) is 0. The van der Waals surface area contributed by atoms with Gasteiger partial charge in [0.2, 0.25) is 0 Å². The van der Waals surface area contributed by atoms with Crippen LogP contribution >= 0.6 is 0 Å². The average molecular weight is 235 g/mol. The molecular weight excluding hydrogens is 223 g/mol. The predicted octanol–water partition coefficient (Wildman–Crippen LogP) is 3.08. The van der Waals surface area contributed by atoms with E-state index in [9.17, 15) is 0 Å². The molecule has 0 nitrogen and oxygen atoms in total. The molecule has 0 amide bonds. The van der Waals surface area contributed by atoms with E-state index in [1.165, 1.54) is 11.1 Å². The molecule has 66 valence electrons. The number of rotatable bonds is 4. The third-order valence-electron chi connectivity index (χ3n) is 2.46. The van der Waals surface area contributed by atoms with E-state index in [-0.39, 0.29) is 4.31 Å². The van der Waals surface area contributed by atoms with Gasteiger partial charge in [0.25, 0.3) is 0 Å². The van der Waals surface area contributed by atoms with Crippen LogP contribution in [-0.4, -0.2) is 15.0 Å². The summed E-state index contributed by atoms with van der Waals surface area (Å²) in [5.41, 5.74) is 2.83. The van der Waals surface area contributed by atoms with Gasteiger partial charge in [-0.2, -0.15) is 0 Å². The van der Waals surface area contributed by atoms with Gasteiger partial charge in [0.15, 0.2) is 0 Å². The molecule has 0 aromatic heterocycles. The summed E-state index contributed by atoms with van der Waals surface area (Å²) < 4.78 is 0.182. The van der Waals surface area contributed by atoms with Crippen LogP contribution in [0.3, 0.4) is 0 Å². The van der Waals surface area contributed by atoms with E-state index in [1.807, 2.05) is 6.08 Å². The molecule has 0 aromatic rings. The van der Waals surface area contributed by atoms with Crippen molar-refractivity contribution in [2.75, 3.05) is 0 Å². The van der Waals surface area contributed by atoms with Gasteiger partial charge in [0, 0.05) is 0 Å². The van der Waals surface area contributed by atoms with E-state index in [1.54, 1.807) is 0 Å².